The Morgan fingerprint density at radius 3 is 2.25 bits per heavy atom. The van der Waals surface area contributed by atoms with Gasteiger partial charge in [-0.15, -0.1) is 0 Å². The summed E-state index contributed by atoms with van der Waals surface area (Å²) in [6.45, 7) is 8.66. The number of benzene rings is 1. The molecule has 0 atom stereocenters. The van der Waals surface area contributed by atoms with Crippen LogP contribution >= 0.6 is 0 Å². The molecule has 1 nitrogen and oxygen atoms in total. The largest absolute Gasteiger partial charge is 0.377 e. The normalized spacial score (nSPS) is 12.2. The van der Waals surface area contributed by atoms with Gasteiger partial charge in [0.2, 0.25) is 0 Å². The van der Waals surface area contributed by atoms with Crippen molar-refractivity contribution in [2.75, 3.05) is 6.61 Å². The van der Waals surface area contributed by atoms with E-state index in [9.17, 15) is 0 Å². The minimum Gasteiger partial charge on any atom is -0.377 e. The van der Waals surface area contributed by atoms with Crippen molar-refractivity contribution in [3.8, 4) is 0 Å². The zero-order valence-electron chi connectivity index (χ0n) is 13.4. The third-order valence-corrected chi connectivity index (χ3v) is 9.52. The van der Waals surface area contributed by atoms with E-state index in [0.717, 1.165) is 26.1 Å². The van der Waals surface area contributed by atoms with Gasteiger partial charge in [0, 0.05) is 6.61 Å². The Hall–Kier alpha value is -0.863. The van der Waals surface area contributed by atoms with Crippen LogP contribution in [-0.4, -0.2) is 14.7 Å². The average Bonchev–Trinajstić information content (AvgIpc) is 2.52. The summed E-state index contributed by atoms with van der Waals surface area (Å²) < 4.78 is 5.71. The molecule has 0 spiro atoms. The Kier molecular flexibility index (Phi) is 8.55. The lowest BCUT2D eigenvalue weighted by molar-refractivity contribution is 0.119. The highest BCUT2D eigenvalue weighted by molar-refractivity contribution is 6.84. The fourth-order valence-corrected chi connectivity index (χ4v) is 5.38. The highest BCUT2D eigenvalue weighted by Gasteiger charge is 2.22. The van der Waals surface area contributed by atoms with E-state index in [-0.39, 0.29) is 0 Å². The van der Waals surface area contributed by atoms with E-state index in [2.05, 4.69) is 56.8 Å². The quantitative estimate of drug-likeness (QED) is 0.403. The molecule has 0 amide bonds. The molecule has 0 bridgehead atoms. The van der Waals surface area contributed by atoms with Gasteiger partial charge in [-0.3, -0.25) is 0 Å². The summed E-state index contributed by atoms with van der Waals surface area (Å²) in [5.41, 5.74) is 3.84. The summed E-state index contributed by atoms with van der Waals surface area (Å²) >= 11 is 0. The maximum Gasteiger partial charge on any atom is 0.0766 e. The van der Waals surface area contributed by atoms with Crippen LogP contribution in [0.25, 0.3) is 0 Å². The maximum absolute atomic E-state index is 5.71. The van der Waals surface area contributed by atoms with Crippen molar-refractivity contribution in [1.82, 2.24) is 0 Å². The van der Waals surface area contributed by atoms with E-state index >= 15 is 0 Å². The van der Waals surface area contributed by atoms with Crippen LogP contribution in [-0.2, 0) is 11.3 Å². The summed E-state index contributed by atoms with van der Waals surface area (Å²) in [5, 5.41) is 0. The van der Waals surface area contributed by atoms with Crippen molar-refractivity contribution in [2.24, 2.45) is 0 Å². The van der Waals surface area contributed by atoms with Crippen molar-refractivity contribution < 1.29 is 4.74 Å². The summed E-state index contributed by atoms with van der Waals surface area (Å²) in [6, 6.07) is 14.5. The summed E-state index contributed by atoms with van der Waals surface area (Å²) in [4.78, 5) is 0. The van der Waals surface area contributed by atoms with Crippen LogP contribution in [0.3, 0.4) is 0 Å². The smallest absolute Gasteiger partial charge is 0.0766 e. The Morgan fingerprint density at radius 2 is 1.65 bits per heavy atom. The van der Waals surface area contributed by atoms with Gasteiger partial charge < -0.3 is 4.74 Å². The first kappa shape index (κ1) is 17.2. The van der Waals surface area contributed by atoms with Crippen molar-refractivity contribution in [1.29, 1.82) is 0 Å². The Morgan fingerprint density at radius 1 is 1.00 bits per heavy atom. The van der Waals surface area contributed by atoms with Crippen LogP contribution < -0.4 is 0 Å². The van der Waals surface area contributed by atoms with Crippen LogP contribution in [0.2, 0.25) is 18.1 Å². The molecular formula is C18H30OSi. The lowest BCUT2D eigenvalue weighted by atomic mass is 10.2. The third kappa shape index (κ3) is 6.06. The van der Waals surface area contributed by atoms with Crippen molar-refractivity contribution in [3.05, 3.63) is 47.7 Å². The average molecular weight is 291 g/mol. The zero-order chi connectivity index (χ0) is 14.7. The number of unbranched alkanes of at least 4 members (excludes halogenated alkanes) is 1. The summed E-state index contributed by atoms with van der Waals surface area (Å²) in [5.74, 6) is 0. The standard InChI is InChI=1S/C18H30OSi/c1-4-20(5-2,6-3)16-12-8-11-15-19-17-18-13-9-7-10-14-18/h7,9-10,12-14,16H,4-6,8,11,15,17H2,1-3H3/b16-12-. The molecule has 0 unspecified atom stereocenters. The van der Waals surface area contributed by atoms with Crippen molar-refractivity contribution in [2.45, 2.75) is 58.4 Å². The van der Waals surface area contributed by atoms with Gasteiger partial charge in [-0.2, -0.15) is 0 Å². The molecule has 112 valence electrons. The molecule has 0 aromatic heterocycles. The molecule has 0 N–H and O–H groups in total. The third-order valence-electron chi connectivity index (χ3n) is 4.35. The van der Waals surface area contributed by atoms with E-state index in [0.29, 0.717) is 0 Å². The van der Waals surface area contributed by atoms with Gasteiger partial charge in [-0.1, -0.05) is 81.0 Å². The van der Waals surface area contributed by atoms with Crippen LogP contribution in [0.4, 0.5) is 0 Å². The first-order valence-corrected chi connectivity index (χ1v) is 10.8. The van der Waals surface area contributed by atoms with E-state index in [4.69, 9.17) is 4.74 Å². The van der Waals surface area contributed by atoms with Gasteiger partial charge in [0.25, 0.3) is 0 Å². The number of ether oxygens (including phenoxy) is 1. The van der Waals surface area contributed by atoms with Gasteiger partial charge in [0.05, 0.1) is 14.7 Å². The van der Waals surface area contributed by atoms with E-state index in [1.807, 2.05) is 6.07 Å². The lowest BCUT2D eigenvalue weighted by Crippen LogP contribution is -2.28. The summed E-state index contributed by atoms with van der Waals surface area (Å²) in [7, 11) is -1.06. The SMILES string of the molecule is CC[Si](/C=C\CCCOCc1ccccc1)(CC)CC. The van der Waals surface area contributed by atoms with Crippen LogP contribution in [0, 0.1) is 0 Å². The molecule has 0 heterocycles. The Balaban J connectivity index is 2.15. The summed E-state index contributed by atoms with van der Waals surface area (Å²) in [6.07, 6.45) is 4.70. The van der Waals surface area contributed by atoms with Gasteiger partial charge in [0.1, 0.15) is 0 Å². The van der Waals surface area contributed by atoms with Crippen molar-refractivity contribution in [3.63, 3.8) is 0 Å². The number of hydrogen-bond acceptors (Lipinski definition) is 1. The molecule has 0 aliphatic heterocycles. The Labute approximate surface area is 126 Å². The molecule has 1 aromatic rings. The molecule has 0 aliphatic rings. The number of rotatable bonds is 10. The lowest BCUT2D eigenvalue weighted by Gasteiger charge is -2.23. The van der Waals surface area contributed by atoms with E-state index in [1.165, 1.54) is 23.7 Å². The zero-order valence-corrected chi connectivity index (χ0v) is 14.4. The highest BCUT2D eigenvalue weighted by atomic mass is 28.3. The fraction of sp³-hybridized carbons (Fsp3) is 0.556. The van der Waals surface area contributed by atoms with Gasteiger partial charge in [-0.25, -0.2) is 0 Å². The van der Waals surface area contributed by atoms with Crippen LogP contribution in [0.15, 0.2) is 42.1 Å². The minimum absolute atomic E-state index is 0.738. The molecule has 0 radical (unpaired) electrons. The topological polar surface area (TPSA) is 9.23 Å². The predicted molar refractivity (Wildman–Crippen MR) is 91.7 cm³/mol. The predicted octanol–water partition coefficient (Wildman–Crippen LogP) is 5.59. The molecule has 2 heteroatoms. The van der Waals surface area contributed by atoms with Crippen LogP contribution in [0.5, 0.6) is 0 Å². The molecule has 1 aromatic carbocycles. The Bertz CT molecular complexity index is 360. The second-order valence-electron chi connectivity index (χ2n) is 5.51. The van der Waals surface area contributed by atoms with E-state index < -0.39 is 8.07 Å². The second-order valence-corrected chi connectivity index (χ2v) is 10.7. The molecule has 0 fully saturated rings. The number of hydrogen-bond donors (Lipinski definition) is 0. The molecule has 1 rings (SSSR count). The highest BCUT2D eigenvalue weighted by Crippen LogP contribution is 2.21. The molecule has 0 aliphatic carbocycles. The number of allylic oxidation sites excluding steroid dienone is 1. The molecule has 0 saturated heterocycles. The van der Waals surface area contributed by atoms with Gasteiger partial charge in [0.15, 0.2) is 0 Å². The second kappa shape index (κ2) is 9.95. The first-order chi connectivity index (χ1) is 9.76. The minimum atomic E-state index is -1.06. The van der Waals surface area contributed by atoms with Gasteiger partial charge in [-0.05, 0) is 18.4 Å². The molecular weight excluding hydrogens is 260 g/mol. The fourth-order valence-electron chi connectivity index (χ4n) is 2.50. The van der Waals surface area contributed by atoms with E-state index in [1.54, 1.807) is 0 Å². The maximum atomic E-state index is 5.71. The monoisotopic (exact) mass is 290 g/mol. The molecule has 20 heavy (non-hydrogen) atoms. The van der Waals surface area contributed by atoms with Crippen LogP contribution in [0.1, 0.15) is 39.2 Å². The van der Waals surface area contributed by atoms with Crippen molar-refractivity contribution >= 4 is 8.07 Å². The first-order valence-electron chi connectivity index (χ1n) is 8.05. The molecule has 0 saturated carbocycles. The van der Waals surface area contributed by atoms with Gasteiger partial charge >= 0.3 is 0 Å².